The average Bonchev–Trinajstić information content (AvgIpc) is 2.62. The summed E-state index contributed by atoms with van der Waals surface area (Å²) in [7, 11) is 1.63. The number of thioether (sulfide) groups is 1. The number of nitrogens with one attached hydrogen (secondary N) is 1. The van der Waals surface area contributed by atoms with E-state index in [2.05, 4.69) is 5.32 Å². The summed E-state index contributed by atoms with van der Waals surface area (Å²) < 4.78 is 11.4. The van der Waals surface area contributed by atoms with Crippen LogP contribution in [-0.2, 0) is 4.79 Å². The van der Waals surface area contributed by atoms with E-state index in [1.165, 1.54) is 11.8 Å². The molecule has 2 atom stereocenters. The van der Waals surface area contributed by atoms with Gasteiger partial charge in [-0.3, -0.25) is 4.79 Å². The van der Waals surface area contributed by atoms with Crippen LogP contribution in [0.5, 0.6) is 11.5 Å². The monoisotopic (exact) mass is 405 g/mol. The fourth-order valence-corrected chi connectivity index (χ4v) is 4.15. The number of ether oxygens (including phenoxy) is 2. The van der Waals surface area contributed by atoms with Gasteiger partial charge in [-0.25, -0.2) is 0 Å². The van der Waals surface area contributed by atoms with Crippen LogP contribution < -0.4 is 14.8 Å². The second-order valence-corrected chi connectivity index (χ2v) is 9.10. The van der Waals surface area contributed by atoms with Crippen molar-refractivity contribution in [2.24, 2.45) is 0 Å². The number of methoxy groups -OCH3 is 1. The van der Waals surface area contributed by atoms with E-state index in [1.807, 2.05) is 63.2 Å². The van der Waals surface area contributed by atoms with Gasteiger partial charge in [-0.2, -0.15) is 0 Å². The van der Waals surface area contributed by atoms with Gasteiger partial charge in [0.15, 0.2) is 0 Å². The quantitative estimate of drug-likeness (QED) is 0.690. The molecule has 0 aromatic heterocycles. The van der Waals surface area contributed by atoms with E-state index < -0.39 is 0 Å². The lowest BCUT2D eigenvalue weighted by Gasteiger charge is -2.38. The summed E-state index contributed by atoms with van der Waals surface area (Å²) in [5.41, 5.74) is 0.595. The zero-order valence-electron chi connectivity index (χ0n) is 15.9. The number of carbonyl (C=O) groups is 1. The Balaban J connectivity index is 1.75. The minimum Gasteiger partial charge on any atom is -0.497 e. The van der Waals surface area contributed by atoms with Crippen LogP contribution in [0.2, 0.25) is 5.02 Å². The highest BCUT2D eigenvalue weighted by molar-refractivity contribution is 8.00. The highest BCUT2D eigenvalue weighted by Crippen LogP contribution is 2.41. The van der Waals surface area contributed by atoms with Gasteiger partial charge in [0.1, 0.15) is 17.1 Å². The summed E-state index contributed by atoms with van der Waals surface area (Å²) in [6, 6.07) is 13.1. The van der Waals surface area contributed by atoms with Gasteiger partial charge in [0.25, 0.3) is 0 Å². The molecule has 0 spiro atoms. The summed E-state index contributed by atoms with van der Waals surface area (Å²) in [6.07, 6.45) is 0.692. The third-order valence-electron chi connectivity index (χ3n) is 4.49. The number of amides is 1. The van der Waals surface area contributed by atoms with Crippen molar-refractivity contribution < 1.29 is 14.3 Å². The number of fused-ring (bicyclic) bond motifs is 1. The molecule has 0 saturated heterocycles. The molecule has 27 heavy (non-hydrogen) atoms. The molecule has 1 heterocycles. The summed E-state index contributed by atoms with van der Waals surface area (Å²) >= 11 is 7.44. The summed E-state index contributed by atoms with van der Waals surface area (Å²) in [4.78, 5) is 13.8. The molecule has 0 aliphatic carbocycles. The fraction of sp³-hybridized carbons (Fsp3) is 0.381. The van der Waals surface area contributed by atoms with Crippen molar-refractivity contribution in [3.8, 4) is 11.5 Å². The topological polar surface area (TPSA) is 47.6 Å². The number of benzene rings is 2. The molecule has 2 aromatic carbocycles. The summed E-state index contributed by atoms with van der Waals surface area (Å²) in [6.45, 7) is 5.97. The Morgan fingerprint density at radius 2 is 2.00 bits per heavy atom. The largest absolute Gasteiger partial charge is 0.497 e. The van der Waals surface area contributed by atoms with Crippen molar-refractivity contribution in [2.45, 2.75) is 49.0 Å². The highest BCUT2D eigenvalue weighted by atomic mass is 35.5. The van der Waals surface area contributed by atoms with E-state index in [1.54, 1.807) is 7.11 Å². The molecule has 6 heteroatoms. The smallest absolute Gasteiger partial charge is 0.233 e. The van der Waals surface area contributed by atoms with Crippen LogP contribution in [0.4, 0.5) is 0 Å². The van der Waals surface area contributed by atoms with Gasteiger partial charge < -0.3 is 14.8 Å². The maximum absolute atomic E-state index is 12.8. The first-order valence-corrected chi connectivity index (χ1v) is 10.1. The molecule has 0 bridgehead atoms. The van der Waals surface area contributed by atoms with E-state index in [9.17, 15) is 4.79 Å². The molecule has 1 amide bonds. The maximum Gasteiger partial charge on any atom is 0.233 e. The van der Waals surface area contributed by atoms with E-state index in [0.717, 1.165) is 22.0 Å². The molecular weight excluding hydrogens is 382 g/mol. The SMILES string of the molecule is COc1ccc2c(c1)[C@H](NC(=O)[C@H](C)Sc1ccc(Cl)cc1)CC(C)(C)O2. The Kier molecular flexibility index (Phi) is 5.92. The van der Waals surface area contributed by atoms with Crippen molar-refractivity contribution in [3.05, 3.63) is 53.1 Å². The Morgan fingerprint density at radius 3 is 2.67 bits per heavy atom. The van der Waals surface area contributed by atoms with Gasteiger partial charge in [-0.15, -0.1) is 11.8 Å². The number of carbonyl (C=O) groups excluding carboxylic acids is 1. The first-order chi connectivity index (χ1) is 12.8. The molecule has 0 radical (unpaired) electrons. The van der Waals surface area contributed by atoms with E-state index in [0.29, 0.717) is 11.4 Å². The number of hydrogen-bond acceptors (Lipinski definition) is 4. The van der Waals surface area contributed by atoms with E-state index in [4.69, 9.17) is 21.1 Å². The highest BCUT2D eigenvalue weighted by Gasteiger charge is 2.35. The normalized spacial score (nSPS) is 18.8. The van der Waals surface area contributed by atoms with Gasteiger partial charge in [-0.1, -0.05) is 11.6 Å². The number of hydrogen-bond donors (Lipinski definition) is 1. The van der Waals surface area contributed by atoms with Crippen molar-refractivity contribution in [1.82, 2.24) is 5.32 Å². The standard InChI is InChI=1S/C21H24ClNO3S/c1-13(27-16-8-5-14(22)6-9-16)20(24)23-18-12-21(2,3)26-19-10-7-15(25-4)11-17(18)19/h5-11,13,18H,12H2,1-4H3,(H,23,24)/t13-,18+/m0/s1. The van der Waals surface area contributed by atoms with Crippen LogP contribution >= 0.6 is 23.4 Å². The molecule has 0 saturated carbocycles. The maximum atomic E-state index is 12.8. The Bertz CT molecular complexity index is 823. The van der Waals surface area contributed by atoms with Crippen molar-refractivity contribution >= 4 is 29.3 Å². The van der Waals surface area contributed by atoms with Gasteiger partial charge in [-0.05, 0) is 63.2 Å². The molecule has 3 rings (SSSR count). The van der Waals surface area contributed by atoms with E-state index in [-0.39, 0.29) is 22.8 Å². The van der Waals surface area contributed by atoms with Crippen LogP contribution in [0.3, 0.4) is 0 Å². The molecular formula is C21H24ClNO3S. The van der Waals surface area contributed by atoms with Gasteiger partial charge >= 0.3 is 0 Å². The first kappa shape index (κ1) is 19.9. The third kappa shape index (κ3) is 4.90. The lowest BCUT2D eigenvalue weighted by molar-refractivity contribution is -0.121. The van der Waals surface area contributed by atoms with Crippen molar-refractivity contribution in [3.63, 3.8) is 0 Å². The molecule has 144 valence electrons. The minimum absolute atomic E-state index is 0.00794. The molecule has 1 aliphatic heterocycles. The number of rotatable bonds is 5. The Labute approximate surface area is 169 Å². The second kappa shape index (κ2) is 8.03. The Morgan fingerprint density at radius 1 is 1.30 bits per heavy atom. The Hall–Kier alpha value is -1.85. The fourth-order valence-electron chi connectivity index (χ4n) is 3.15. The molecule has 1 aliphatic rings. The lowest BCUT2D eigenvalue weighted by atomic mass is 9.89. The van der Waals surface area contributed by atoms with E-state index >= 15 is 0 Å². The first-order valence-electron chi connectivity index (χ1n) is 8.87. The number of halogens is 1. The van der Waals surface area contributed by atoms with Crippen LogP contribution in [0, 0.1) is 0 Å². The zero-order chi connectivity index (χ0) is 19.6. The zero-order valence-corrected chi connectivity index (χ0v) is 17.5. The average molecular weight is 406 g/mol. The molecule has 0 unspecified atom stereocenters. The lowest BCUT2D eigenvalue weighted by Crippen LogP contribution is -2.43. The van der Waals surface area contributed by atoms with Gasteiger partial charge in [0.05, 0.1) is 18.4 Å². The second-order valence-electron chi connectivity index (χ2n) is 7.24. The van der Waals surface area contributed by atoms with Crippen molar-refractivity contribution in [2.75, 3.05) is 7.11 Å². The summed E-state index contributed by atoms with van der Waals surface area (Å²) in [5.74, 6) is 1.53. The van der Waals surface area contributed by atoms with Crippen LogP contribution in [0.25, 0.3) is 0 Å². The van der Waals surface area contributed by atoms with Crippen LogP contribution in [-0.4, -0.2) is 23.9 Å². The molecule has 0 fully saturated rings. The predicted molar refractivity (Wildman–Crippen MR) is 110 cm³/mol. The van der Waals surface area contributed by atoms with Gasteiger partial charge in [0.2, 0.25) is 5.91 Å². The molecule has 1 N–H and O–H groups in total. The van der Waals surface area contributed by atoms with Gasteiger partial charge in [0, 0.05) is 21.9 Å². The third-order valence-corrected chi connectivity index (χ3v) is 5.85. The molecule has 4 nitrogen and oxygen atoms in total. The van der Waals surface area contributed by atoms with Crippen LogP contribution in [0.15, 0.2) is 47.4 Å². The molecule has 2 aromatic rings. The van der Waals surface area contributed by atoms with Crippen LogP contribution in [0.1, 0.15) is 38.8 Å². The predicted octanol–water partition coefficient (Wildman–Crippen LogP) is 5.25. The summed E-state index contributed by atoms with van der Waals surface area (Å²) in [5, 5.41) is 3.65. The minimum atomic E-state index is -0.355. The van der Waals surface area contributed by atoms with Crippen molar-refractivity contribution in [1.29, 1.82) is 0 Å².